The predicted molar refractivity (Wildman–Crippen MR) is 65.2 cm³/mol. The molecule has 1 nitrogen and oxygen atoms in total. The largest absolute Gasteiger partial charge is 0.253 e. The predicted octanol–water partition coefficient (Wildman–Crippen LogP) is 3.92. The van der Waals surface area contributed by atoms with E-state index >= 15 is 0 Å². The number of fused-ring (bicyclic) bond motifs is 1. The van der Waals surface area contributed by atoms with Gasteiger partial charge in [-0.15, -0.1) is 0 Å². The van der Waals surface area contributed by atoms with Crippen LogP contribution in [0, 0.1) is 0 Å². The lowest BCUT2D eigenvalue weighted by Crippen LogP contribution is -1.96. The van der Waals surface area contributed by atoms with Crippen molar-refractivity contribution in [1.29, 1.82) is 0 Å². The molecule has 1 heteroatoms. The maximum absolute atomic E-state index is 4.64. The smallest absolute Gasteiger partial charge is 0.0708 e. The molecule has 0 aliphatic carbocycles. The zero-order chi connectivity index (χ0) is 10.8. The number of rotatable bonds is 2. The normalized spacial score (nSPS) is 11.2. The van der Waals surface area contributed by atoms with Crippen LogP contribution in [0.25, 0.3) is 10.9 Å². The second-order valence-corrected chi connectivity index (χ2v) is 4.23. The fourth-order valence-electron chi connectivity index (χ4n) is 1.92. The van der Waals surface area contributed by atoms with Crippen LogP contribution in [0.5, 0.6) is 0 Å². The van der Waals surface area contributed by atoms with Gasteiger partial charge in [0.1, 0.15) is 0 Å². The maximum Gasteiger partial charge on any atom is 0.0708 e. The van der Waals surface area contributed by atoms with E-state index in [1.54, 1.807) is 0 Å². The van der Waals surface area contributed by atoms with Gasteiger partial charge in [-0.1, -0.05) is 39.0 Å². The zero-order valence-corrected chi connectivity index (χ0v) is 9.62. The molecule has 0 N–H and O–H groups in total. The van der Waals surface area contributed by atoms with Gasteiger partial charge in [0.15, 0.2) is 0 Å². The van der Waals surface area contributed by atoms with Crippen molar-refractivity contribution in [3.63, 3.8) is 0 Å². The van der Waals surface area contributed by atoms with Gasteiger partial charge >= 0.3 is 0 Å². The molecule has 1 aromatic carbocycles. The van der Waals surface area contributed by atoms with Crippen LogP contribution in [0.2, 0.25) is 0 Å². The highest BCUT2D eigenvalue weighted by Gasteiger charge is 2.07. The highest BCUT2D eigenvalue weighted by atomic mass is 14.7. The molecule has 0 aliphatic rings. The third kappa shape index (κ3) is 1.87. The number of benzene rings is 1. The second kappa shape index (κ2) is 4.01. The summed E-state index contributed by atoms with van der Waals surface area (Å²) in [5.41, 5.74) is 3.73. The number of hydrogen-bond acceptors (Lipinski definition) is 1. The van der Waals surface area contributed by atoms with Crippen molar-refractivity contribution < 1.29 is 0 Å². The number of nitrogens with zero attached hydrogens (tertiary/aromatic N) is 1. The van der Waals surface area contributed by atoms with Crippen LogP contribution in [0.15, 0.2) is 30.3 Å². The molecule has 78 valence electrons. The van der Waals surface area contributed by atoms with Crippen molar-refractivity contribution in [2.75, 3.05) is 0 Å². The third-order valence-corrected chi connectivity index (χ3v) is 2.79. The zero-order valence-electron chi connectivity index (χ0n) is 9.62. The SMILES string of the molecule is CCc1cc(C(C)C)c2ccccc2n1. The van der Waals surface area contributed by atoms with E-state index in [0.717, 1.165) is 11.9 Å². The van der Waals surface area contributed by atoms with Gasteiger partial charge in [-0.25, -0.2) is 0 Å². The summed E-state index contributed by atoms with van der Waals surface area (Å²) in [6.07, 6.45) is 1.00. The number of pyridine rings is 1. The lowest BCUT2D eigenvalue weighted by atomic mass is 9.97. The molecule has 0 spiro atoms. The van der Waals surface area contributed by atoms with Crippen LogP contribution in [-0.4, -0.2) is 4.98 Å². The van der Waals surface area contributed by atoms with Crippen LogP contribution in [0.3, 0.4) is 0 Å². The van der Waals surface area contributed by atoms with E-state index in [9.17, 15) is 0 Å². The Morgan fingerprint density at radius 3 is 2.60 bits per heavy atom. The molecule has 0 bridgehead atoms. The lowest BCUT2D eigenvalue weighted by molar-refractivity contribution is 0.867. The summed E-state index contributed by atoms with van der Waals surface area (Å²) in [6, 6.07) is 10.6. The lowest BCUT2D eigenvalue weighted by Gasteiger charge is -2.11. The first-order chi connectivity index (χ1) is 7.22. The van der Waals surface area contributed by atoms with Gasteiger partial charge in [-0.3, -0.25) is 4.98 Å². The first-order valence-electron chi connectivity index (χ1n) is 5.61. The summed E-state index contributed by atoms with van der Waals surface area (Å²) in [5.74, 6) is 0.559. The van der Waals surface area contributed by atoms with Gasteiger partial charge in [-0.2, -0.15) is 0 Å². The van der Waals surface area contributed by atoms with E-state index in [0.29, 0.717) is 5.92 Å². The van der Waals surface area contributed by atoms with Gasteiger partial charge in [0, 0.05) is 11.1 Å². The minimum atomic E-state index is 0.559. The van der Waals surface area contributed by atoms with Crippen molar-refractivity contribution in [3.8, 4) is 0 Å². The van der Waals surface area contributed by atoms with Gasteiger partial charge in [-0.05, 0) is 30.0 Å². The standard InChI is InChI=1S/C14H17N/c1-4-11-9-13(10(2)3)12-7-5-6-8-14(12)15-11/h5-10H,4H2,1-3H3. The van der Waals surface area contributed by atoms with E-state index in [4.69, 9.17) is 0 Å². The van der Waals surface area contributed by atoms with E-state index < -0.39 is 0 Å². The van der Waals surface area contributed by atoms with Crippen LogP contribution < -0.4 is 0 Å². The van der Waals surface area contributed by atoms with Crippen molar-refractivity contribution in [1.82, 2.24) is 4.98 Å². The van der Waals surface area contributed by atoms with Gasteiger partial charge in [0.25, 0.3) is 0 Å². The third-order valence-electron chi connectivity index (χ3n) is 2.79. The topological polar surface area (TPSA) is 12.9 Å². The molecule has 0 amide bonds. The fourth-order valence-corrected chi connectivity index (χ4v) is 1.92. The van der Waals surface area contributed by atoms with E-state index in [1.165, 1.54) is 16.6 Å². The molecule has 1 aromatic heterocycles. The summed E-state index contributed by atoms with van der Waals surface area (Å²) in [6.45, 7) is 6.63. The molecule has 0 saturated heterocycles. The Morgan fingerprint density at radius 2 is 1.93 bits per heavy atom. The molecule has 1 heterocycles. The molecule has 0 fully saturated rings. The summed E-state index contributed by atoms with van der Waals surface area (Å²) in [7, 11) is 0. The van der Waals surface area contributed by atoms with E-state index in [2.05, 4.69) is 56.1 Å². The van der Waals surface area contributed by atoms with Crippen molar-refractivity contribution in [2.24, 2.45) is 0 Å². The molecule has 2 aromatic rings. The number of aromatic nitrogens is 1. The number of hydrogen-bond donors (Lipinski definition) is 0. The Bertz CT molecular complexity index is 472. The molecule has 0 atom stereocenters. The minimum Gasteiger partial charge on any atom is -0.253 e. The van der Waals surface area contributed by atoms with Crippen molar-refractivity contribution >= 4 is 10.9 Å². The summed E-state index contributed by atoms with van der Waals surface area (Å²) < 4.78 is 0. The van der Waals surface area contributed by atoms with Gasteiger partial charge < -0.3 is 0 Å². The van der Waals surface area contributed by atoms with E-state index in [1.807, 2.05) is 0 Å². The van der Waals surface area contributed by atoms with E-state index in [-0.39, 0.29) is 0 Å². The summed E-state index contributed by atoms with van der Waals surface area (Å²) >= 11 is 0. The average Bonchev–Trinajstić information content (AvgIpc) is 2.27. The quantitative estimate of drug-likeness (QED) is 0.714. The summed E-state index contributed by atoms with van der Waals surface area (Å²) in [5, 5.41) is 1.30. The van der Waals surface area contributed by atoms with Crippen molar-refractivity contribution in [2.45, 2.75) is 33.1 Å². The van der Waals surface area contributed by atoms with Crippen LogP contribution >= 0.6 is 0 Å². The van der Waals surface area contributed by atoms with Gasteiger partial charge in [0.05, 0.1) is 5.52 Å². The summed E-state index contributed by atoms with van der Waals surface area (Å²) in [4.78, 5) is 4.64. The molecule has 0 aliphatic heterocycles. The molecule has 0 unspecified atom stereocenters. The fraction of sp³-hybridized carbons (Fsp3) is 0.357. The Labute approximate surface area is 91.2 Å². The van der Waals surface area contributed by atoms with Crippen LogP contribution in [0.4, 0.5) is 0 Å². The Kier molecular flexibility index (Phi) is 2.72. The Morgan fingerprint density at radius 1 is 1.20 bits per heavy atom. The first-order valence-corrected chi connectivity index (χ1v) is 5.61. The average molecular weight is 199 g/mol. The molecule has 15 heavy (non-hydrogen) atoms. The minimum absolute atomic E-state index is 0.559. The number of aryl methyl sites for hydroxylation is 1. The second-order valence-electron chi connectivity index (χ2n) is 4.23. The molecular formula is C14H17N. The number of para-hydroxylation sites is 1. The molecular weight excluding hydrogens is 182 g/mol. The molecule has 2 rings (SSSR count). The molecule has 0 radical (unpaired) electrons. The van der Waals surface area contributed by atoms with Crippen molar-refractivity contribution in [3.05, 3.63) is 41.6 Å². The van der Waals surface area contributed by atoms with Crippen LogP contribution in [-0.2, 0) is 6.42 Å². The molecule has 0 saturated carbocycles. The van der Waals surface area contributed by atoms with Crippen LogP contribution in [0.1, 0.15) is 37.9 Å². The first kappa shape index (κ1) is 10.2. The monoisotopic (exact) mass is 199 g/mol. The highest BCUT2D eigenvalue weighted by molar-refractivity contribution is 5.82. The highest BCUT2D eigenvalue weighted by Crippen LogP contribution is 2.25. The van der Waals surface area contributed by atoms with Gasteiger partial charge in [0.2, 0.25) is 0 Å². The Balaban J connectivity index is 2.74. The maximum atomic E-state index is 4.64. The Hall–Kier alpha value is -1.37.